The number of piperidine rings is 1. The highest BCUT2D eigenvalue weighted by Gasteiger charge is 2.19. The molecule has 29 heavy (non-hydrogen) atoms. The number of ether oxygens (including phenoxy) is 3. The van der Waals surface area contributed by atoms with Gasteiger partial charge < -0.3 is 23.7 Å². The first-order chi connectivity index (χ1) is 14.3. The molecule has 0 aliphatic carbocycles. The van der Waals surface area contributed by atoms with E-state index in [0.717, 1.165) is 47.4 Å². The fourth-order valence-electron chi connectivity index (χ4n) is 4.10. The molecule has 3 heterocycles. The molecule has 0 spiro atoms. The monoisotopic (exact) mass is 408 g/mol. The Morgan fingerprint density at radius 1 is 1.00 bits per heavy atom. The van der Waals surface area contributed by atoms with Crippen molar-refractivity contribution in [1.82, 2.24) is 9.47 Å². The highest BCUT2D eigenvalue weighted by molar-refractivity contribution is 7.80. The van der Waals surface area contributed by atoms with E-state index in [1.54, 1.807) is 0 Å². The highest BCUT2D eigenvalue weighted by atomic mass is 32.1. The minimum Gasteiger partial charge on any atom is -0.492 e. The summed E-state index contributed by atoms with van der Waals surface area (Å²) >= 11 is 5.87. The van der Waals surface area contributed by atoms with Crippen molar-refractivity contribution < 1.29 is 14.2 Å². The van der Waals surface area contributed by atoms with Crippen LogP contribution in [-0.4, -0.2) is 40.9 Å². The van der Waals surface area contributed by atoms with E-state index in [4.69, 9.17) is 26.4 Å². The van der Waals surface area contributed by atoms with E-state index >= 15 is 0 Å². The Balaban J connectivity index is 1.33. The highest BCUT2D eigenvalue weighted by Crippen LogP contribution is 2.35. The van der Waals surface area contributed by atoms with Gasteiger partial charge in [0, 0.05) is 41.8 Å². The summed E-state index contributed by atoms with van der Waals surface area (Å²) in [5, 5.41) is 1.21. The smallest absolute Gasteiger partial charge is 0.231 e. The molecule has 5 nitrogen and oxygen atoms in total. The number of para-hydroxylation sites is 1. The lowest BCUT2D eigenvalue weighted by molar-refractivity contribution is 0.173. The molecule has 2 aromatic carbocycles. The van der Waals surface area contributed by atoms with Crippen molar-refractivity contribution in [2.45, 2.75) is 25.8 Å². The van der Waals surface area contributed by atoms with Gasteiger partial charge in [0.25, 0.3) is 0 Å². The first-order valence-corrected chi connectivity index (χ1v) is 10.6. The van der Waals surface area contributed by atoms with Gasteiger partial charge in [-0.15, -0.1) is 0 Å². The summed E-state index contributed by atoms with van der Waals surface area (Å²) in [6, 6.07) is 14.2. The normalized spacial score (nSPS) is 15.7. The van der Waals surface area contributed by atoms with Crippen LogP contribution in [0.3, 0.4) is 0 Å². The van der Waals surface area contributed by atoms with Gasteiger partial charge in [-0.25, -0.2) is 0 Å². The number of hydrogen-bond acceptors (Lipinski definition) is 4. The van der Waals surface area contributed by atoms with Crippen LogP contribution in [0.1, 0.15) is 24.8 Å². The quantitative estimate of drug-likeness (QED) is 0.576. The molecule has 150 valence electrons. The molecule has 2 aliphatic heterocycles. The fraction of sp³-hybridized carbons (Fsp3) is 0.348. The Hall–Kier alpha value is -2.73. The van der Waals surface area contributed by atoms with Crippen LogP contribution in [0.2, 0.25) is 0 Å². The van der Waals surface area contributed by atoms with Crippen LogP contribution in [-0.2, 0) is 6.54 Å². The predicted octanol–water partition coefficient (Wildman–Crippen LogP) is 4.61. The van der Waals surface area contributed by atoms with Gasteiger partial charge in [-0.3, -0.25) is 0 Å². The molecular formula is C23H24N2O3S. The molecule has 0 saturated carbocycles. The van der Waals surface area contributed by atoms with Crippen molar-refractivity contribution in [1.29, 1.82) is 0 Å². The second-order valence-corrected chi connectivity index (χ2v) is 7.86. The van der Waals surface area contributed by atoms with Crippen LogP contribution in [0.15, 0.2) is 48.7 Å². The van der Waals surface area contributed by atoms with Crippen molar-refractivity contribution in [2.75, 3.05) is 26.5 Å². The zero-order valence-corrected chi connectivity index (χ0v) is 17.1. The summed E-state index contributed by atoms with van der Waals surface area (Å²) in [6.45, 7) is 3.71. The summed E-state index contributed by atoms with van der Waals surface area (Å²) < 4.78 is 19.0. The summed E-state index contributed by atoms with van der Waals surface area (Å²) in [5.41, 5.74) is 2.34. The first kappa shape index (κ1) is 18.3. The molecule has 5 rings (SSSR count). The van der Waals surface area contributed by atoms with E-state index in [-0.39, 0.29) is 6.79 Å². The number of fused-ring (bicyclic) bond motifs is 2. The van der Waals surface area contributed by atoms with E-state index in [9.17, 15) is 0 Å². The van der Waals surface area contributed by atoms with Crippen molar-refractivity contribution in [3.63, 3.8) is 0 Å². The lowest BCUT2D eigenvalue weighted by atomic mass is 10.1. The SMILES string of the molecule is S=C(c1cn(CCOc2ccc3c(c2)OCO3)c2ccccc12)N1CCCCC1. The zero-order valence-electron chi connectivity index (χ0n) is 16.3. The molecule has 2 aliphatic rings. The lowest BCUT2D eigenvalue weighted by Gasteiger charge is -2.28. The fourth-order valence-corrected chi connectivity index (χ4v) is 4.44. The van der Waals surface area contributed by atoms with E-state index in [0.29, 0.717) is 6.61 Å². The first-order valence-electron chi connectivity index (χ1n) is 10.2. The standard InChI is InChI=1S/C23H24N2O3S/c29-23(24-10-4-1-5-11-24)19-15-25(20-7-3-2-6-18(19)20)12-13-26-17-8-9-21-22(14-17)28-16-27-21/h2-3,6-9,14-15H,1,4-5,10-13,16H2. The van der Waals surface area contributed by atoms with Crippen LogP contribution in [0.5, 0.6) is 17.2 Å². The van der Waals surface area contributed by atoms with Gasteiger partial charge in [0.15, 0.2) is 11.5 Å². The summed E-state index contributed by atoms with van der Waals surface area (Å²) in [6.07, 6.45) is 5.94. The Morgan fingerprint density at radius 2 is 1.83 bits per heavy atom. The number of likely N-dealkylation sites (tertiary alicyclic amines) is 1. The third kappa shape index (κ3) is 3.65. The van der Waals surface area contributed by atoms with E-state index in [2.05, 4.69) is 39.9 Å². The van der Waals surface area contributed by atoms with Crippen LogP contribution in [0.4, 0.5) is 0 Å². The maximum atomic E-state index is 5.97. The molecular weight excluding hydrogens is 384 g/mol. The molecule has 0 unspecified atom stereocenters. The lowest BCUT2D eigenvalue weighted by Crippen LogP contribution is -2.34. The molecule has 6 heteroatoms. The topological polar surface area (TPSA) is 35.9 Å². The third-order valence-corrected chi connectivity index (χ3v) is 6.09. The number of hydrogen-bond donors (Lipinski definition) is 0. The van der Waals surface area contributed by atoms with Crippen molar-refractivity contribution in [3.05, 3.63) is 54.2 Å². The maximum Gasteiger partial charge on any atom is 0.231 e. The number of nitrogens with zero attached hydrogens (tertiary/aromatic N) is 2. The molecule has 1 saturated heterocycles. The summed E-state index contributed by atoms with van der Waals surface area (Å²) in [4.78, 5) is 3.32. The Kier molecular flexibility index (Phi) is 5.02. The largest absolute Gasteiger partial charge is 0.492 e. The Bertz CT molecular complexity index is 1040. The Morgan fingerprint density at radius 3 is 2.72 bits per heavy atom. The summed E-state index contributed by atoms with van der Waals surface area (Å²) in [5.74, 6) is 2.29. The van der Waals surface area contributed by atoms with Crippen LogP contribution >= 0.6 is 12.2 Å². The van der Waals surface area contributed by atoms with Gasteiger partial charge in [0.2, 0.25) is 6.79 Å². The zero-order chi connectivity index (χ0) is 19.6. The third-order valence-electron chi connectivity index (χ3n) is 5.61. The number of aromatic nitrogens is 1. The average molecular weight is 409 g/mol. The molecule has 1 aromatic heterocycles. The second kappa shape index (κ2) is 7.95. The predicted molar refractivity (Wildman–Crippen MR) is 117 cm³/mol. The summed E-state index contributed by atoms with van der Waals surface area (Å²) in [7, 11) is 0. The average Bonchev–Trinajstić information content (AvgIpc) is 3.38. The van der Waals surface area contributed by atoms with Gasteiger partial charge in [0.1, 0.15) is 17.3 Å². The van der Waals surface area contributed by atoms with Crippen LogP contribution < -0.4 is 14.2 Å². The molecule has 3 aromatic rings. The van der Waals surface area contributed by atoms with Gasteiger partial charge in [0.05, 0.1) is 6.54 Å². The molecule has 0 amide bonds. The Labute approximate surface area is 175 Å². The van der Waals surface area contributed by atoms with Gasteiger partial charge in [-0.1, -0.05) is 30.4 Å². The molecule has 1 fully saturated rings. The van der Waals surface area contributed by atoms with E-state index < -0.39 is 0 Å². The van der Waals surface area contributed by atoms with Gasteiger partial charge in [-0.2, -0.15) is 0 Å². The van der Waals surface area contributed by atoms with E-state index in [1.165, 1.54) is 30.2 Å². The molecule has 0 radical (unpaired) electrons. The number of benzene rings is 2. The van der Waals surface area contributed by atoms with Crippen LogP contribution in [0.25, 0.3) is 10.9 Å². The van der Waals surface area contributed by atoms with Gasteiger partial charge in [-0.05, 0) is 37.5 Å². The van der Waals surface area contributed by atoms with E-state index in [1.807, 2.05) is 18.2 Å². The van der Waals surface area contributed by atoms with Gasteiger partial charge >= 0.3 is 0 Å². The van der Waals surface area contributed by atoms with Crippen LogP contribution in [0, 0.1) is 0 Å². The molecule has 0 N–H and O–H groups in total. The maximum absolute atomic E-state index is 5.97. The minimum absolute atomic E-state index is 0.272. The van der Waals surface area contributed by atoms with Crippen molar-refractivity contribution in [2.24, 2.45) is 0 Å². The molecule has 0 atom stereocenters. The van der Waals surface area contributed by atoms with Crippen molar-refractivity contribution >= 4 is 28.1 Å². The number of thiocarbonyl (C=S) groups is 1. The molecule has 0 bridgehead atoms. The minimum atomic E-state index is 0.272. The number of rotatable bonds is 5. The second-order valence-electron chi connectivity index (χ2n) is 7.47. The van der Waals surface area contributed by atoms with Crippen molar-refractivity contribution in [3.8, 4) is 17.2 Å².